The summed E-state index contributed by atoms with van der Waals surface area (Å²) >= 11 is 1.56. The summed E-state index contributed by atoms with van der Waals surface area (Å²) in [7, 11) is 2.07. The summed E-state index contributed by atoms with van der Waals surface area (Å²) in [5, 5.41) is 1.21. The summed E-state index contributed by atoms with van der Waals surface area (Å²) in [5.41, 5.74) is 3.58. The van der Waals surface area contributed by atoms with Crippen molar-refractivity contribution in [2.75, 3.05) is 12.3 Å². The van der Waals surface area contributed by atoms with Gasteiger partial charge >= 0.3 is 0 Å². The predicted octanol–water partition coefficient (Wildman–Crippen LogP) is 4.94. The van der Waals surface area contributed by atoms with Crippen molar-refractivity contribution in [3.05, 3.63) is 96.4 Å². The van der Waals surface area contributed by atoms with Crippen LogP contribution in [0.4, 0.5) is 0 Å². The topological polar surface area (TPSA) is 38.1 Å². The first-order valence-electron chi connectivity index (χ1n) is 10.1. The molecule has 30 heavy (non-hydrogen) atoms. The number of pyridine rings is 1. The molecule has 0 saturated heterocycles. The molecule has 5 heteroatoms. The zero-order valence-electron chi connectivity index (χ0n) is 17.1. The fourth-order valence-electron chi connectivity index (χ4n) is 3.56. The largest absolute Gasteiger partial charge is 0.346 e. The molecule has 0 N–H and O–H groups in total. The second-order valence-electron chi connectivity index (χ2n) is 7.28. The van der Waals surface area contributed by atoms with E-state index in [4.69, 9.17) is 0 Å². The number of aryl methyl sites for hydroxylation is 1. The lowest BCUT2D eigenvalue weighted by molar-refractivity contribution is -0.129. The van der Waals surface area contributed by atoms with Gasteiger partial charge in [-0.25, -0.2) is 0 Å². The molecule has 0 aliphatic rings. The quantitative estimate of drug-likeness (QED) is 0.383. The third kappa shape index (κ3) is 4.92. The number of benzene rings is 2. The number of rotatable bonds is 8. The predicted molar refractivity (Wildman–Crippen MR) is 123 cm³/mol. The number of hydrogen-bond donors (Lipinski definition) is 0. The summed E-state index contributed by atoms with van der Waals surface area (Å²) in [5.74, 6) is 0.570. The van der Waals surface area contributed by atoms with Crippen LogP contribution in [-0.2, 0) is 24.8 Å². The highest BCUT2D eigenvalue weighted by atomic mass is 32.2. The van der Waals surface area contributed by atoms with Crippen LogP contribution in [0.5, 0.6) is 0 Å². The Hall–Kier alpha value is -3.05. The zero-order chi connectivity index (χ0) is 20.8. The van der Waals surface area contributed by atoms with Crippen molar-refractivity contribution in [1.82, 2.24) is 14.5 Å². The van der Waals surface area contributed by atoms with Crippen molar-refractivity contribution in [3.8, 4) is 0 Å². The van der Waals surface area contributed by atoms with Crippen molar-refractivity contribution in [2.24, 2.45) is 7.05 Å². The molecule has 2 aromatic carbocycles. The molecule has 4 rings (SSSR count). The molecule has 4 nitrogen and oxygen atoms in total. The summed E-state index contributed by atoms with van der Waals surface area (Å²) < 4.78 is 2.19. The van der Waals surface area contributed by atoms with Gasteiger partial charge in [-0.2, -0.15) is 0 Å². The number of thioether (sulfide) groups is 1. The molecule has 0 radical (unpaired) electrons. The van der Waals surface area contributed by atoms with Crippen molar-refractivity contribution >= 4 is 28.6 Å². The number of para-hydroxylation sites is 1. The molecular weight excluding hydrogens is 390 g/mol. The number of aromatic nitrogens is 2. The number of fused-ring (bicyclic) bond motifs is 1. The first-order chi connectivity index (χ1) is 14.7. The van der Waals surface area contributed by atoms with E-state index >= 15 is 0 Å². The molecule has 0 atom stereocenters. The van der Waals surface area contributed by atoms with Gasteiger partial charge in [0, 0.05) is 42.1 Å². The average molecular weight is 416 g/mol. The first-order valence-corrected chi connectivity index (χ1v) is 11.1. The SMILES string of the molecule is Cn1c(CN(CCc2ccccc2)C(=O)CSc2ccncc2)cc2ccccc21. The molecule has 2 heterocycles. The highest BCUT2D eigenvalue weighted by molar-refractivity contribution is 8.00. The molecule has 0 fully saturated rings. The number of hydrogen-bond acceptors (Lipinski definition) is 3. The lowest BCUT2D eigenvalue weighted by Gasteiger charge is -2.23. The number of nitrogens with zero attached hydrogens (tertiary/aromatic N) is 3. The van der Waals surface area contributed by atoms with Crippen molar-refractivity contribution in [3.63, 3.8) is 0 Å². The van der Waals surface area contributed by atoms with E-state index in [1.165, 1.54) is 16.5 Å². The second kappa shape index (κ2) is 9.63. The lowest BCUT2D eigenvalue weighted by Crippen LogP contribution is -2.34. The maximum Gasteiger partial charge on any atom is 0.233 e. The summed E-state index contributed by atoms with van der Waals surface area (Å²) in [6, 6.07) is 24.8. The molecular formula is C25H25N3OS. The summed E-state index contributed by atoms with van der Waals surface area (Å²) in [6.45, 7) is 1.30. The second-order valence-corrected chi connectivity index (χ2v) is 8.32. The Morgan fingerprint density at radius 3 is 2.50 bits per heavy atom. The van der Waals surface area contributed by atoms with Crippen molar-refractivity contribution in [1.29, 1.82) is 0 Å². The van der Waals surface area contributed by atoms with E-state index in [9.17, 15) is 4.79 Å². The Labute approximate surface area is 181 Å². The van der Waals surface area contributed by atoms with E-state index in [1.54, 1.807) is 24.2 Å². The average Bonchev–Trinajstić information content (AvgIpc) is 3.11. The van der Waals surface area contributed by atoms with Gasteiger partial charge in [0.1, 0.15) is 0 Å². The van der Waals surface area contributed by atoms with Gasteiger partial charge in [-0.1, -0.05) is 48.5 Å². The number of carbonyl (C=O) groups excluding carboxylic acids is 1. The third-order valence-corrected chi connectivity index (χ3v) is 6.28. The van der Waals surface area contributed by atoms with Crippen LogP contribution in [0.2, 0.25) is 0 Å². The molecule has 4 aromatic rings. The molecule has 0 unspecified atom stereocenters. The molecule has 0 spiro atoms. The highest BCUT2D eigenvalue weighted by Crippen LogP contribution is 2.21. The van der Waals surface area contributed by atoms with Crippen LogP contribution in [0.3, 0.4) is 0 Å². The molecule has 1 amide bonds. The van der Waals surface area contributed by atoms with Crippen LogP contribution in [0, 0.1) is 0 Å². The van der Waals surface area contributed by atoms with Gasteiger partial charge in [0.2, 0.25) is 5.91 Å². The monoisotopic (exact) mass is 415 g/mol. The summed E-state index contributed by atoms with van der Waals surface area (Å²) in [4.78, 5) is 20.2. The van der Waals surface area contributed by atoms with Crippen molar-refractivity contribution < 1.29 is 4.79 Å². The smallest absolute Gasteiger partial charge is 0.233 e. The minimum absolute atomic E-state index is 0.151. The Kier molecular flexibility index (Phi) is 6.50. The highest BCUT2D eigenvalue weighted by Gasteiger charge is 2.17. The zero-order valence-corrected chi connectivity index (χ0v) is 17.9. The van der Waals surface area contributed by atoms with Crippen LogP contribution in [-0.4, -0.2) is 32.7 Å². The molecule has 0 bridgehead atoms. The van der Waals surface area contributed by atoms with Crippen LogP contribution in [0.1, 0.15) is 11.3 Å². The molecule has 0 saturated carbocycles. The minimum atomic E-state index is 0.151. The fourth-order valence-corrected chi connectivity index (χ4v) is 4.35. The van der Waals surface area contributed by atoms with Gasteiger partial charge in [-0.15, -0.1) is 11.8 Å². The molecule has 2 aromatic heterocycles. The van der Waals surface area contributed by atoms with E-state index < -0.39 is 0 Å². The maximum atomic E-state index is 13.1. The van der Waals surface area contributed by atoms with E-state index in [2.05, 4.69) is 59.1 Å². The molecule has 0 aliphatic carbocycles. The minimum Gasteiger partial charge on any atom is -0.346 e. The van der Waals surface area contributed by atoms with Gasteiger partial charge in [0.25, 0.3) is 0 Å². The number of carbonyl (C=O) groups is 1. The van der Waals surface area contributed by atoms with Crippen LogP contribution in [0.25, 0.3) is 10.9 Å². The Balaban J connectivity index is 1.51. The van der Waals surface area contributed by atoms with Crippen LogP contribution < -0.4 is 0 Å². The fraction of sp³-hybridized carbons (Fsp3) is 0.200. The molecule has 152 valence electrons. The lowest BCUT2D eigenvalue weighted by atomic mass is 10.1. The van der Waals surface area contributed by atoms with Crippen LogP contribution >= 0.6 is 11.8 Å². The number of amides is 1. The van der Waals surface area contributed by atoms with E-state index in [0.717, 1.165) is 17.0 Å². The third-order valence-electron chi connectivity index (χ3n) is 5.28. The van der Waals surface area contributed by atoms with Gasteiger partial charge in [0.15, 0.2) is 0 Å². The van der Waals surface area contributed by atoms with Gasteiger partial charge in [-0.05, 0) is 41.6 Å². The Morgan fingerprint density at radius 2 is 1.73 bits per heavy atom. The Bertz CT molecular complexity index is 1110. The van der Waals surface area contributed by atoms with Crippen LogP contribution in [0.15, 0.2) is 90.1 Å². The van der Waals surface area contributed by atoms with Gasteiger partial charge < -0.3 is 9.47 Å². The normalized spacial score (nSPS) is 11.0. The van der Waals surface area contributed by atoms with Gasteiger partial charge in [0.05, 0.1) is 12.3 Å². The summed E-state index contributed by atoms with van der Waals surface area (Å²) in [6.07, 6.45) is 4.36. The van der Waals surface area contributed by atoms with E-state index in [1.807, 2.05) is 35.2 Å². The van der Waals surface area contributed by atoms with Gasteiger partial charge in [-0.3, -0.25) is 9.78 Å². The van der Waals surface area contributed by atoms with E-state index in [0.29, 0.717) is 18.8 Å². The van der Waals surface area contributed by atoms with E-state index in [-0.39, 0.29) is 5.91 Å². The first kappa shape index (κ1) is 20.2. The Morgan fingerprint density at radius 1 is 1.00 bits per heavy atom. The maximum absolute atomic E-state index is 13.1. The molecule has 0 aliphatic heterocycles. The van der Waals surface area contributed by atoms with Crippen molar-refractivity contribution in [2.45, 2.75) is 17.9 Å². The standard InChI is InChI=1S/C25H25N3OS/c1-27-22(17-21-9-5-6-10-24(21)27)18-28(16-13-20-7-3-2-4-8-20)25(29)19-30-23-11-14-26-15-12-23/h2-12,14-15,17H,13,16,18-19H2,1H3.